The molecule has 1 atom stereocenters. The normalized spacial score (nSPS) is 24.9. The van der Waals surface area contributed by atoms with E-state index in [2.05, 4.69) is 17.1 Å². The lowest BCUT2D eigenvalue weighted by Gasteiger charge is -2.21. The van der Waals surface area contributed by atoms with Crippen LogP contribution in [0.15, 0.2) is 24.4 Å². The molecule has 2 nitrogen and oxygen atoms in total. The number of aromatic nitrogens is 1. The maximum atomic E-state index is 5.58. The first-order valence-corrected chi connectivity index (χ1v) is 4.71. The van der Waals surface area contributed by atoms with Crippen LogP contribution in [-0.2, 0) is 11.2 Å². The van der Waals surface area contributed by atoms with Gasteiger partial charge in [-0.15, -0.1) is 0 Å². The third-order valence-corrected chi connectivity index (χ3v) is 2.79. The van der Waals surface area contributed by atoms with E-state index in [1.54, 1.807) is 0 Å². The summed E-state index contributed by atoms with van der Waals surface area (Å²) >= 11 is 0. The largest absolute Gasteiger partial charge is 0.369 e. The Balaban J connectivity index is 2.15. The van der Waals surface area contributed by atoms with Crippen molar-refractivity contribution in [3.8, 4) is 0 Å². The highest BCUT2D eigenvalue weighted by Crippen LogP contribution is 2.33. The summed E-state index contributed by atoms with van der Waals surface area (Å²) < 4.78 is 5.58. The quantitative estimate of drug-likeness (QED) is 0.597. The fourth-order valence-electron chi connectivity index (χ4n) is 2.15. The number of hydrogen-bond donors (Lipinski definition) is 0. The van der Waals surface area contributed by atoms with Gasteiger partial charge >= 0.3 is 0 Å². The highest BCUT2D eigenvalue weighted by Gasteiger charge is 2.28. The van der Waals surface area contributed by atoms with Gasteiger partial charge in [-0.1, -0.05) is 12.1 Å². The number of hydrogen-bond acceptors (Lipinski definition) is 2. The van der Waals surface area contributed by atoms with Crippen molar-refractivity contribution >= 4 is 5.57 Å². The molecule has 1 aromatic rings. The van der Waals surface area contributed by atoms with Crippen LogP contribution in [-0.4, -0.2) is 17.7 Å². The van der Waals surface area contributed by atoms with Gasteiger partial charge in [-0.05, 0) is 24.5 Å². The van der Waals surface area contributed by atoms with Gasteiger partial charge in [0.2, 0.25) is 0 Å². The van der Waals surface area contributed by atoms with Crippen LogP contribution in [0.4, 0.5) is 0 Å². The Morgan fingerprint density at radius 3 is 3.46 bits per heavy atom. The number of fused-ring (bicyclic) bond motifs is 3. The van der Waals surface area contributed by atoms with Crippen LogP contribution >= 0.6 is 0 Å². The summed E-state index contributed by atoms with van der Waals surface area (Å²) in [5.41, 5.74) is 3.84. The van der Waals surface area contributed by atoms with Crippen LogP contribution in [0.3, 0.4) is 0 Å². The molecule has 0 fully saturated rings. The highest BCUT2D eigenvalue weighted by atomic mass is 16.5. The number of aryl methyl sites for hydroxylation is 1. The highest BCUT2D eigenvalue weighted by molar-refractivity contribution is 5.71. The smallest absolute Gasteiger partial charge is 0.0851 e. The van der Waals surface area contributed by atoms with Crippen molar-refractivity contribution in [1.82, 2.24) is 4.98 Å². The van der Waals surface area contributed by atoms with Gasteiger partial charge in [0.15, 0.2) is 0 Å². The summed E-state index contributed by atoms with van der Waals surface area (Å²) in [7, 11) is 0. The molecule has 0 amide bonds. The fourth-order valence-corrected chi connectivity index (χ4v) is 2.15. The summed E-state index contributed by atoms with van der Waals surface area (Å²) in [5.74, 6) is 0. The second-order valence-corrected chi connectivity index (χ2v) is 3.53. The Labute approximate surface area is 77.3 Å². The predicted octanol–water partition coefficient (Wildman–Crippen LogP) is 1.81. The van der Waals surface area contributed by atoms with E-state index in [1.807, 2.05) is 12.3 Å². The molecule has 66 valence electrons. The van der Waals surface area contributed by atoms with Gasteiger partial charge in [0.1, 0.15) is 0 Å². The summed E-state index contributed by atoms with van der Waals surface area (Å²) in [6, 6.07) is 4.17. The molecule has 0 saturated heterocycles. The predicted molar refractivity (Wildman–Crippen MR) is 50.3 cm³/mol. The molecule has 0 bridgehead atoms. The summed E-state index contributed by atoms with van der Waals surface area (Å²) in [6.07, 6.45) is 6.56. The number of nitrogens with zero attached hydrogens (tertiary/aromatic N) is 1. The fraction of sp³-hybridized carbons (Fsp3) is 0.364. The van der Waals surface area contributed by atoms with E-state index in [-0.39, 0.29) is 0 Å². The van der Waals surface area contributed by atoms with E-state index >= 15 is 0 Å². The molecule has 13 heavy (non-hydrogen) atoms. The molecule has 0 saturated carbocycles. The average molecular weight is 173 g/mol. The molecule has 1 aliphatic heterocycles. The van der Waals surface area contributed by atoms with Gasteiger partial charge in [-0.2, -0.15) is 0 Å². The van der Waals surface area contributed by atoms with Crippen LogP contribution in [0.2, 0.25) is 0 Å². The molecular weight excluding hydrogens is 162 g/mol. The molecule has 2 heteroatoms. The summed E-state index contributed by atoms with van der Waals surface area (Å²) in [5, 5.41) is 0. The van der Waals surface area contributed by atoms with Gasteiger partial charge in [0, 0.05) is 11.8 Å². The Morgan fingerprint density at radius 2 is 2.46 bits per heavy atom. The molecule has 3 rings (SSSR count). The van der Waals surface area contributed by atoms with E-state index in [0.29, 0.717) is 6.10 Å². The van der Waals surface area contributed by atoms with Crippen LogP contribution < -0.4 is 0 Å². The van der Waals surface area contributed by atoms with Crippen molar-refractivity contribution in [3.05, 3.63) is 35.7 Å². The van der Waals surface area contributed by atoms with E-state index in [9.17, 15) is 0 Å². The standard InChI is InChI=1S/C11H11NO/c1-2-8-3-4-10-9(5-7-13-10)11(8)12-6-1/h1-2,5-6,10H,3-4,7H2. The van der Waals surface area contributed by atoms with Gasteiger partial charge in [0.25, 0.3) is 0 Å². The van der Waals surface area contributed by atoms with Crippen molar-refractivity contribution in [2.24, 2.45) is 0 Å². The molecular formula is C11H11NO. The molecule has 0 N–H and O–H groups in total. The number of pyridine rings is 1. The lowest BCUT2D eigenvalue weighted by Crippen LogP contribution is -2.17. The Hall–Kier alpha value is -1.15. The molecule has 2 heterocycles. The minimum Gasteiger partial charge on any atom is -0.369 e. The second-order valence-electron chi connectivity index (χ2n) is 3.53. The van der Waals surface area contributed by atoms with Crippen molar-refractivity contribution in [2.45, 2.75) is 18.9 Å². The molecule has 0 radical (unpaired) electrons. The van der Waals surface area contributed by atoms with Gasteiger partial charge in [0.05, 0.1) is 18.4 Å². The first-order chi connectivity index (χ1) is 6.45. The average Bonchev–Trinajstić information content (AvgIpc) is 2.65. The van der Waals surface area contributed by atoms with Crippen LogP contribution in [0.25, 0.3) is 5.57 Å². The zero-order valence-corrected chi connectivity index (χ0v) is 7.36. The number of ether oxygens (including phenoxy) is 1. The van der Waals surface area contributed by atoms with Crippen molar-refractivity contribution in [2.75, 3.05) is 6.61 Å². The van der Waals surface area contributed by atoms with E-state index in [1.165, 1.54) is 11.1 Å². The monoisotopic (exact) mass is 173 g/mol. The minimum atomic E-state index is 0.322. The first kappa shape index (κ1) is 7.27. The van der Waals surface area contributed by atoms with Gasteiger partial charge < -0.3 is 4.74 Å². The summed E-state index contributed by atoms with van der Waals surface area (Å²) in [6.45, 7) is 0.760. The van der Waals surface area contributed by atoms with Crippen molar-refractivity contribution < 1.29 is 4.74 Å². The van der Waals surface area contributed by atoms with Crippen LogP contribution in [0.1, 0.15) is 17.7 Å². The van der Waals surface area contributed by atoms with E-state index < -0.39 is 0 Å². The SMILES string of the molecule is C1=C2c3ncccc3CCC2OC1. The molecule has 1 aromatic heterocycles. The van der Waals surface area contributed by atoms with E-state index in [4.69, 9.17) is 4.74 Å². The maximum absolute atomic E-state index is 5.58. The first-order valence-electron chi connectivity index (χ1n) is 4.71. The lowest BCUT2D eigenvalue weighted by molar-refractivity contribution is 0.124. The minimum absolute atomic E-state index is 0.322. The third kappa shape index (κ3) is 1.02. The molecule has 1 aliphatic carbocycles. The topological polar surface area (TPSA) is 22.1 Å². The Kier molecular flexibility index (Phi) is 1.49. The van der Waals surface area contributed by atoms with Crippen molar-refractivity contribution in [3.63, 3.8) is 0 Å². The van der Waals surface area contributed by atoms with E-state index in [0.717, 1.165) is 25.1 Å². The van der Waals surface area contributed by atoms with Crippen LogP contribution in [0.5, 0.6) is 0 Å². The maximum Gasteiger partial charge on any atom is 0.0851 e. The molecule has 2 aliphatic rings. The third-order valence-electron chi connectivity index (χ3n) is 2.79. The lowest BCUT2D eigenvalue weighted by atomic mass is 9.90. The zero-order chi connectivity index (χ0) is 8.67. The number of rotatable bonds is 0. The van der Waals surface area contributed by atoms with Crippen molar-refractivity contribution in [1.29, 1.82) is 0 Å². The second kappa shape index (κ2) is 2.67. The molecule has 0 spiro atoms. The molecule has 1 unspecified atom stereocenters. The van der Waals surface area contributed by atoms with Gasteiger partial charge in [-0.25, -0.2) is 0 Å². The Bertz CT molecular complexity index is 370. The zero-order valence-electron chi connectivity index (χ0n) is 7.36. The molecule has 0 aromatic carbocycles. The van der Waals surface area contributed by atoms with Crippen LogP contribution in [0, 0.1) is 0 Å². The summed E-state index contributed by atoms with van der Waals surface area (Å²) in [4.78, 5) is 4.41. The van der Waals surface area contributed by atoms with Gasteiger partial charge in [-0.3, -0.25) is 4.98 Å². The Morgan fingerprint density at radius 1 is 1.46 bits per heavy atom.